The van der Waals surface area contributed by atoms with E-state index in [0.29, 0.717) is 6.54 Å². The van der Waals surface area contributed by atoms with Gasteiger partial charge in [-0.25, -0.2) is 0 Å². The Labute approximate surface area is 128 Å². The molecule has 0 unspecified atom stereocenters. The molecule has 0 atom stereocenters. The van der Waals surface area contributed by atoms with Crippen LogP contribution in [0.15, 0.2) is 15.0 Å². The smallest absolute Gasteiger partial charge is 0.126 e. The largest absolute Gasteiger partial charge is 0.462 e. The maximum atomic E-state index is 5.93. The van der Waals surface area contributed by atoms with Crippen LogP contribution in [0.1, 0.15) is 41.8 Å². The molecule has 0 aliphatic rings. The van der Waals surface area contributed by atoms with Gasteiger partial charge in [0.1, 0.15) is 11.5 Å². The van der Waals surface area contributed by atoms with Crippen LogP contribution in [0.2, 0.25) is 0 Å². The molecule has 5 heteroatoms. The van der Waals surface area contributed by atoms with Crippen LogP contribution >= 0.6 is 15.9 Å². The van der Waals surface area contributed by atoms with E-state index in [4.69, 9.17) is 4.42 Å². The summed E-state index contributed by atoms with van der Waals surface area (Å²) in [5.74, 6) is 1.97. The molecule has 1 N–H and O–H groups in total. The highest BCUT2D eigenvalue weighted by atomic mass is 79.9. The second kappa shape index (κ2) is 6.59. The molecule has 0 spiro atoms. The first-order valence-corrected chi connectivity index (χ1v) is 7.80. The van der Waals surface area contributed by atoms with Crippen LogP contribution in [0.3, 0.4) is 0 Å². The van der Waals surface area contributed by atoms with E-state index in [0.717, 1.165) is 46.9 Å². The minimum Gasteiger partial charge on any atom is -0.462 e. The lowest BCUT2D eigenvalue weighted by molar-refractivity contribution is 0.427. The fraction of sp³-hybridized carbons (Fsp3) is 0.533. The van der Waals surface area contributed by atoms with Crippen molar-refractivity contribution < 1.29 is 4.42 Å². The van der Waals surface area contributed by atoms with Gasteiger partial charge in [0.2, 0.25) is 0 Å². The third kappa shape index (κ3) is 3.33. The Morgan fingerprint density at radius 2 is 2.10 bits per heavy atom. The highest BCUT2D eigenvalue weighted by Crippen LogP contribution is 2.22. The van der Waals surface area contributed by atoms with Gasteiger partial charge in [0.15, 0.2) is 0 Å². The Morgan fingerprint density at radius 3 is 2.70 bits per heavy atom. The average Bonchev–Trinajstić information content (AvgIpc) is 2.87. The van der Waals surface area contributed by atoms with E-state index in [1.807, 2.05) is 11.6 Å². The second-order valence-electron chi connectivity index (χ2n) is 5.14. The number of furan rings is 1. The normalized spacial score (nSPS) is 11.2. The second-order valence-corrected chi connectivity index (χ2v) is 5.93. The molecule has 0 radical (unpaired) electrons. The zero-order valence-corrected chi connectivity index (χ0v) is 14.2. The molecule has 0 fully saturated rings. The molecule has 0 saturated heterocycles. The number of nitrogens with zero attached hydrogens (tertiary/aromatic N) is 2. The maximum Gasteiger partial charge on any atom is 0.126 e. The van der Waals surface area contributed by atoms with E-state index < -0.39 is 0 Å². The van der Waals surface area contributed by atoms with Crippen molar-refractivity contribution in [3.8, 4) is 0 Å². The van der Waals surface area contributed by atoms with Crippen LogP contribution in [-0.2, 0) is 13.1 Å². The summed E-state index contributed by atoms with van der Waals surface area (Å²) in [6.45, 7) is 10.8. The summed E-state index contributed by atoms with van der Waals surface area (Å²) in [6.07, 6.45) is 1.13. The van der Waals surface area contributed by atoms with Gasteiger partial charge in [0.25, 0.3) is 0 Å². The van der Waals surface area contributed by atoms with Gasteiger partial charge in [0, 0.05) is 0 Å². The first kappa shape index (κ1) is 15.3. The molecule has 0 aliphatic carbocycles. The van der Waals surface area contributed by atoms with Crippen molar-refractivity contribution in [2.75, 3.05) is 6.54 Å². The molecular weight excluding hydrogens is 318 g/mol. The van der Waals surface area contributed by atoms with Gasteiger partial charge in [-0.3, -0.25) is 4.68 Å². The number of nitrogens with one attached hydrogen (secondary N) is 1. The Morgan fingerprint density at radius 1 is 1.35 bits per heavy atom. The van der Waals surface area contributed by atoms with Gasteiger partial charge >= 0.3 is 0 Å². The number of rotatable bonds is 6. The molecule has 20 heavy (non-hydrogen) atoms. The van der Waals surface area contributed by atoms with Crippen LogP contribution in [0, 0.1) is 20.8 Å². The Bertz CT molecular complexity index is 586. The Kier molecular flexibility index (Phi) is 5.05. The zero-order valence-electron chi connectivity index (χ0n) is 12.6. The average molecular weight is 340 g/mol. The van der Waals surface area contributed by atoms with E-state index in [-0.39, 0.29) is 0 Å². The molecule has 110 valence electrons. The first-order chi connectivity index (χ1) is 9.52. The van der Waals surface area contributed by atoms with Gasteiger partial charge in [0.05, 0.1) is 29.0 Å². The Hall–Kier alpha value is -1.07. The van der Waals surface area contributed by atoms with Crippen molar-refractivity contribution in [2.45, 2.75) is 47.2 Å². The summed E-state index contributed by atoms with van der Waals surface area (Å²) >= 11 is 3.55. The van der Waals surface area contributed by atoms with Crippen LogP contribution in [0.4, 0.5) is 0 Å². The topological polar surface area (TPSA) is 43.0 Å². The third-order valence-electron chi connectivity index (χ3n) is 3.38. The van der Waals surface area contributed by atoms with Crippen molar-refractivity contribution in [3.05, 3.63) is 39.0 Å². The fourth-order valence-electron chi connectivity index (χ4n) is 2.20. The summed E-state index contributed by atoms with van der Waals surface area (Å²) in [7, 11) is 0. The zero-order chi connectivity index (χ0) is 14.7. The summed E-state index contributed by atoms with van der Waals surface area (Å²) < 4.78 is 8.98. The van der Waals surface area contributed by atoms with E-state index in [9.17, 15) is 0 Å². The van der Waals surface area contributed by atoms with E-state index in [2.05, 4.69) is 53.2 Å². The molecule has 0 bridgehead atoms. The van der Waals surface area contributed by atoms with Crippen LogP contribution in [0.25, 0.3) is 0 Å². The molecule has 2 rings (SSSR count). The predicted octanol–water partition coefficient (Wildman–Crippen LogP) is 3.71. The predicted molar refractivity (Wildman–Crippen MR) is 83.9 cm³/mol. The van der Waals surface area contributed by atoms with Crippen molar-refractivity contribution in [2.24, 2.45) is 0 Å². The number of hydrogen-bond donors (Lipinski definition) is 1. The SMILES string of the molecule is CCCNCc1oc(Cn2nc(C)c(Br)c2C)cc1C. The lowest BCUT2D eigenvalue weighted by Crippen LogP contribution is -2.13. The van der Waals surface area contributed by atoms with Crippen LogP contribution < -0.4 is 5.32 Å². The molecule has 0 aromatic carbocycles. The van der Waals surface area contributed by atoms with Crippen molar-refractivity contribution in [3.63, 3.8) is 0 Å². The summed E-state index contributed by atoms with van der Waals surface area (Å²) in [5.41, 5.74) is 3.34. The molecule has 0 amide bonds. The number of aromatic nitrogens is 2. The van der Waals surface area contributed by atoms with E-state index in [1.165, 1.54) is 5.56 Å². The molecule has 0 saturated carbocycles. The van der Waals surface area contributed by atoms with Gasteiger partial charge < -0.3 is 9.73 Å². The van der Waals surface area contributed by atoms with Crippen molar-refractivity contribution in [1.82, 2.24) is 15.1 Å². The van der Waals surface area contributed by atoms with Gasteiger partial charge in [-0.2, -0.15) is 5.10 Å². The standard InChI is InChI=1S/C15H22BrN3O/c1-5-6-17-8-14-10(2)7-13(20-14)9-19-12(4)15(16)11(3)18-19/h7,17H,5-6,8-9H2,1-4H3. The molecule has 2 heterocycles. The van der Waals surface area contributed by atoms with E-state index in [1.54, 1.807) is 0 Å². The molecule has 2 aromatic heterocycles. The third-order valence-corrected chi connectivity index (χ3v) is 4.53. The lowest BCUT2D eigenvalue weighted by Gasteiger charge is -2.02. The first-order valence-electron chi connectivity index (χ1n) is 7.01. The minimum atomic E-state index is 0.674. The van der Waals surface area contributed by atoms with Gasteiger partial charge in [-0.05, 0) is 61.3 Å². The highest BCUT2D eigenvalue weighted by molar-refractivity contribution is 9.10. The summed E-state index contributed by atoms with van der Waals surface area (Å²) in [6, 6.07) is 2.10. The monoisotopic (exact) mass is 339 g/mol. The number of aryl methyl sites for hydroxylation is 2. The van der Waals surface area contributed by atoms with Crippen LogP contribution in [-0.4, -0.2) is 16.3 Å². The lowest BCUT2D eigenvalue weighted by atomic mass is 10.2. The quantitative estimate of drug-likeness (QED) is 0.815. The summed E-state index contributed by atoms with van der Waals surface area (Å²) in [5, 5.41) is 7.88. The van der Waals surface area contributed by atoms with Crippen molar-refractivity contribution >= 4 is 15.9 Å². The van der Waals surface area contributed by atoms with Gasteiger partial charge in [-0.1, -0.05) is 6.92 Å². The van der Waals surface area contributed by atoms with Gasteiger partial charge in [-0.15, -0.1) is 0 Å². The number of halogens is 1. The molecule has 2 aromatic rings. The molecular formula is C15H22BrN3O. The highest BCUT2D eigenvalue weighted by Gasteiger charge is 2.12. The maximum absolute atomic E-state index is 5.93. The number of hydrogen-bond acceptors (Lipinski definition) is 3. The minimum absolute atomic E-state index is 0.674. The molecule has 4 nitrogen and oxygen atoms in total. The van der Waals surface area contributed by atoms with E-state index >= 15 is 0 Å². The summed E-state index contributed by atoms with van der Waals surface area (Å²) in [4.78, 5) is 0. The molecule has 0 aliphatic heterocycles. The van der Waals surface area contributed by atoms with Crippen LogP contribution in [0.5, 0.6) is 0 Å². The fourth-order valence-corrected chi connectivity index (χ4v) is 2.48. The van der Waals surface area contributed by atoms with Crippen molar-refractivity contribution in [1.29, 1.82) is 0 Å². The Balaban J connectivity index is 2.10.